The monoisotopic (exact) mass is 415 g/mol. The van der Waals surface area contributed by atoms with E-state index in [1.165, 1.54) is 11.3 Å². The molecule has 0 saturated carbocycles. The number of nitrogens with zero attached hydrogens (tertiary/aromatic N) is 1. The lowest BCUT2D eigenvalue weighted by atomic mass is 9.77. The molecule has 6 nitrogen and oxygen atoms in total. The number of benzene rings is 1. The zero-order chi connectivity index (χ0) is 20.7. The van der Waals surface area contributed by atoms with Crippen molar-refractivity contribution in [3.63, 3.8) is 0 Å². The van der Waals surface area contributed by atoms with Crippen LogP contribution in [0.5, 0.6) is 17.2 Å². The predicted octanol–water partition coefficient (Wildman–Crippen LogP) is 3.58. The molecule has 0 radical (unpaired) electrons. The molecule has 7 heteroatoms. The number of allylic oxidation sites excluding steroid dienone is 3. The Balaban J connectivity index is 1.95. The van der Waals surface area contributed by atoms with Gasteiger partial charge in [0.25, 0.3) is 0 Å². The van der Waals surface area contributed by atoms with E-state index in [1.807, 2.05) is 12.1 Å². The van der Waals surface area contributed by atoms with Crippen LogP contribution in [-0.2, 0) is 9.47 Å². The minimum atomic E-state index is -0.0328. The lowest BCUT2D eigenvalue weighted by Gasteiger charge is -2.38. The summed E-state index contributed by atoms with van der Waals surface area (Å²) in [6, 6.07) is 4.01. The first-order valence-electron chi connectivity index (χ1n) is 9.39. The van der Waals surface area contributed by atoms with Crippen LogP contribution in [-0.4, -0.2) is 58.5 Å². The Kier molecular flexibility index (Phi) is 5.27. The molecule has 1 unspecified atom stereocenters. The van der Waals surface area contributed by atoms with Crippen molar-refractivity contribution >= 4 is 17.1 Å². The first-order chi connectivity index (χ1) is 14.0. The van der Waals surface area contributed by atoms with Crippen LogP contribution in [0.1, 0.15) is 17.9 Å². The van der Waals surface area contributed by atoms with Crippen molar-refractivity contribution in [2.45, 2.75) is 12.3 Å². The number of likely N-dealkylation sites (N-methyl/N-ethyl adjacent to an activating group) is 1. The summed E-state index contributed by atoms with van der Waals surface area (Å²) in [4.78, 5) is 3.06. The lowest BCUT2D eigenvalue weighted by Crippen LogP contribution is -2.32. The Morgan fingerprint density at radius 3 is 2.28 bits per heavy atom. The molecule has 1 aliphatic carbocycles. The van der Waals surface area contributed by atoms with Gasteiger partial charge in [0.05, 0.1) is 41.7 Å². The minimum absolute atomic E-state index is 0.0328. The Bertz CT molecular complexity index is 937. The van der Waals surface area contributed by atoms with Crippen LogP contribution in [0.3, 0.4) is 0 Å². The molecule has 2 aliphatic heterocycles. The standard InChI is InChI=1S/C22H25NO5S/c1-23-15-8-13(24-2)9-19(29)21(15)20(14-10-28-11-16(14)23)12-6-17(25-3)22(27-5)18(7-12)26-4/h6-8,20H,9-11H2,1-5H3. The summed E-state index contributed by atoms with van der Waals surface area (Å²) in [6.07, 6.45) is 2.70. The summed E-state index contributed by atoms with van der Waals surface area (Å²) in [5.41, 5.74) is 5.59. The molecular weight excluding hydrogens is 390 g/mol. The number of thiocarbonyl (C=S) groups is 1. The number of rotatable bonds is 5. The van der Waals surface area contributed by atoms with Gasteiger partial charge in [-0.15, -0.1) is 0 Å². The SMILES string of the molecule is COC1=CC2=C(C(=S)C1)C(c1cc(OC)c(OC)c(OC)c1)C1=C(COC1)N2C. The lowest BCUT2D eigenvalue weighted by molar-refractivity contribution is 0.194. The number of hydrogen-bond acceptors (Lipinski definition) is 7. The van der Waals surface area contributed by atoms with E-state index in [9.17, 15) is 0 Å². The van der Waals surface area contributed by atoms with Gasteiger partial charge in [0.2, 0.25) is 5.75 Å². The van der Waals surface area contributed by atoms with Gasteiger partial charge < -0.3 is 28.6 Å². The van der Waals surface area contributed by atoms with Gasteiger partial charge in [0.15, 0.2) is 11.5 Å². The Morgan fingerprint density at radius 2 is 1.69 bits per heavy atom. The molecule has 1 atom stereocenters. The summed E-state index contributed by atoms with van der Waals surface area (Å²) in [6.45, 7) is 1.15. The smallest absolute Gasteiger partial charge is 0.203 e. The Labute approximate surface area is 176 Å². The molecule has 1 aromatic carbocycles. The number of hydrogen-bond donors (Lipinski definition) is 0. The average molecular weight is 416 g/mol. The fourth-order valence-corrected chi connectivity index (χ4v) is 4.71. The highest BCUT2D eigenvalue weighted by Gasteiger charge is 2.40. The summed E-state index contributed by atoms with van der Waals surface area (Å²) in [5.74, 6) is 2.66. The van der Waals surface area contributed by atoms with E-state index in [1.54, 1.807) is 28.4 Å². The van der Waals surface area contributed by atoms with Crippen LogP contribution in [0, 0.1) is 0 Å². The second kappa shape index (κ2) is 7.72. The molecule has 0 aromatic heterocycles. The van der Waals surface area contributed by atoms with Gasteiger partial charge in [0.1, 0.15) is 5.76 Å². The third-order valence-corrected chi connectivity index (χ3v) is 6.13. The minimum Gasteiger partial charge on any atom is -0.501 e. The molecule has 0 bridgehead atoms. The second-order valence-corrected chi connectivity index (χ2v) is 7.62. The molecule has 0 fully saturated rings. The third-order valence-electron chi connectivity index (χ3n) is 5.76. The molecule has 0 amide bonds. The fraction of sp³-hybridized carbons (Fsp3) is 0.409. The average Bonchev–Trinajstić information content (AvgIpc) is 3.23. The Hall–Kier alpha value is -2.51. The Morgan fingerprint density at radius 1 is 1.00 bits per heavy atom. The number of ether oxygens (including phenoxy) is 5. The van der Waals surface area contributed by atoms with Crippen molar-refractivity contribution < 1.29 is 23.7 Å². The van der Waals surface area contributed by atoms with Crippen molar-refractivity contribution in [3.8, 4) is 17.2 Å². The molecule has 0 N–H and O–H groups in total. The molecular formula is C22H25NO5S. The van der Waals surface area contributed by atoms with E-state index in [-0.39, 0.29) is 5.92 Å². The summed E-state index contributed by atoms with van der Waals surface area (Å²) >= 11 is 5.85. The van der Waals surface area contributed by atoms with E-state index in [0.717, 1.165) is 27.5 Å². The van der Waals surface area contributed by atoms with E-state index in [4.69, 9.17) is 35.9 Å². The van der Waals surface area contributed by atoms with Gasteiger partial charge in [0, 0.05) is 47.3 Å². The van der Waals surface area contributed by atoms with Gasteiger partial charge in [-0.2, -0.15) is 0 Å². The highest BCUT2D eigenvalue weighted by atomic mass is 32.1. The van der Waals surface area contributed by atoms with E-state index in [2.05, 4.69) is 18.0 Å². The van der Waals surface area contributed by atoms with Gasteiger partial charge in [-0.05, 0) is 23.3 Å². The largest absolute Gasteiger partial charge is 0.501 e. The van der Waals surface area contributed by atoms with Crippen molar-refractivity contribution in [1.29, 1.82) is 0 Å². The second-order valence-electron chi connectivity index (χ2n) is 7.13. The molecule has 0 saturated heterocycles. The predicted molar refractivity (Wildman–Crippen MR) is 114 cm³/mol. The molecule has 1 aromatic rings. The van der Waals surface area contributed by atoms with Crippen LogP contribution in [0.2, 0.25) is 0 Å². The highest BCUT2D eigenvalue weighted by Crippen LogP contribution is 2.50. The summed E-state index contributed by atoms with van der Waals surface area (Å²) in [7, 11) is 8.60. The van der Waals surface area contributed by atoms with Crippen LogP contribution in [0.25, 0.3) is 0 Å². The highest BCUT2D eigenvalue weighted by molar-refractivity contribution is 7.80. The maximum atomic E-state index is 5.85. The van der Waals surface area contributed by atoms with Gasteiger partial charge in [-0.1, -0.05) is 12.2 Å². The maximum absolute atomic E-state index is 5.85. The van der Waals surface area contributed by atoms with Crippen molar-refractivity contribution in [3.05, 3.63) is 52.1 Å². The summed E-state index contributed by atoms with van der Waals surface area (Å²) in [5, 5.41) is 0. The van der Waals surface area contributed by atoms with E-state index in [0.29, 0.717) is 36.9 Å². The first-order valence-corrected chi connectivity index (χ1v) is 9.80. The van der Waals surface area contributed by atoms with Crippen LogP contribution < -0.4 is 14.2 Å². The number of methoxy groups -OCH3 is 4. The van der Waals surface area contributed by atoms with Crippen molar-refractivity contribution in [2.75, 3.05) is 48.7 Å². The zero-order valence-electron chi connectivity index (χ0n) is 17.3. The van der Waals surface area contributed by atoms with Crippen LogP contribution in [0.15, 0.2) is 46.5 Å². The topological polar surface area (TPSA) is 49.4 Å². The van der Waals surface area contributed by atoms with Crippen LogP contribution >= 0.6 is 12.2 Å². The summed E-state index contributed by atoms with van der Waals surface area (Å²) < 4.78 is 28.1. The molecule has 29 heavy (non-hydrogen) atoms. The molecule has 3 aliphatic rings. The van der Waals surface area contributed by atoms with Crippen molar-refractivity contribution in [1.82, 2.24) is 4.90 Å². The molecule has 4 rings (SSSR count). The molecule has 0 spiro atoms. The molecule has 2 heterocycles. The van der Waals surface area contributed by atoms with Gasteiger partial charge in [-0.3, -0.25) is 0 Å². The van der Waals surface area contributed by atoms with Crippen molar-refractivity contribution in [2.24, 2.45) is 0 Å². The van der Waals surface area contributed by atoms with Gasteiger partial charge >= 0.3 is 0 Å². The zero-order valence-corrected chi connectivity index (χ0v) is 18.1. The quantitative estimate of drug-likeness (QED) is 0.681. The van der Waals surface area contributed by atoms with E-state index >= 15 is 0 Å². The first kappa shape index (κ1) is 19.8. The normalized spacial score (nSPS) is 21.0. The fourth-order valence-electron chi connectivity index (χ4n) is 4.35. The molecule has 154 valence electrons. The van der Waals surface area contributed by atoms with E-state index < -0.39 is 0 Å². The van der Waals surface area contributed by atoms with Gasteiger partial charge in [-0.25, -0.2) is 0 Å². The third kappa shape index (κ3) is 3.09. The van der Waals surface area contributed by atoms with Crippen LogP contribution in [0.4, 0.5) is 0 Å². The maximum Gasteiger partial charge on any atom is 0.203 e.